The molecular weight excluding hydrogens is 416 g/mol. The molecule has 2 saturated carbocycles. The SMILES string of the molecule is CCCCC1CCC(CC/C=C/C2CCC(c3cc(F)c(OC(F)F)c(F)c3)CC2)CC1. The topological polar surface area (TPSA) is 9.23 Å². The zero-order valence-corrected chi connectivity index (χ0v) is 19.3. The number of benzene rings is 1. The molecule has 0 heterocycles. The van der Waals surface area contributed by atoms with Crippen molar-refractivity contribution in [2.24, 2.45) is 17.8 Å². The third-order valence-corrected chi connectivity index (χ3v) is 7.55. The van der Waals surface area contributed by atoms with Crippen molar-refractivity contribution in [3.05, 3.63) is 41.5 Å². The lowest BCUT2D eigenvalue weighted by Gasteiger charge is -2.28. The average Bonchev–Trinajstić information content (AvgIpc) is 2.78. The van der Waals surface area contributed by atoms with E-state index in [0.717, 1.165) is 56.1 Å². The molecule has 0 N–H and O–H groups in total. The minimum absolute atomic E-state index is 0.0622. The quantitative estimate of drug-likeness (QED) is 0.253. The van der Waals surface area contributed by atoms with E-state index < -0.39 is 24.0 Å². The van der Waals surface area contributed by atoms with Gasteiger partial charge in [0.15, 0.2) is 17.4 Å². The number of alkyl halides is 2. The van der Waals surface area contributed by atoms with Crippen molar-refractivity contribution in [3.63, 3.8) is 0 Å². The summed E-state index contributed by atoms with van der Waals surface area (Å²) in [5.74, 6) is -0.667. The van der Waals surface area contributed by atoms with E-state index in [2.05, 4.69) is 23.8 Å². The van der Waals surface area contributed by atoms with Crippen LogP contribution in [-0.4, -0.2) is 6.61 Å². The molecule has 180 valence electrons. The third kappa shape index (κ3) is 7.52. The van der Waals surface area contributed by atoms with Gasteiger partial charge in [0, 0.05) is 0 Å². The number of unbranched alkanes of at least 4 members (excludes halogenated alkanes) is 1. The fraction of sp³-hybridized carbons (Fsp3) is 0.704. The molecule has 2 fully saturated rings. The summed E-state index contributed by atoms with van der Waals surface area (Å²) in [5.41, 5.74) is 0.540. The fourth-order valence-corrected chi connectivity index (χ4v) is 5.58. The van der Waals surface area contributed by atoms with E-state index in [1.54, 1.807) is 0 Å². The minimum atomic E-state index is -3.24. The van der Waals surface area contributed by atoms with Crippen LogP contribution in [0.4, 0.5) is 17.6 Å². The van der Waals surface area contributed by atoms with Crippen LogP contribution >= 0.6 is 0 Å². The van der Waals surface area contributed by atoms with Gasteiger partial charge in [-0.25, -0.2) is 8.78 Å². The fourth-order valence-electron chi connectivity index (χ4n) is 5.58. The van der Waals surface area contributed by atoms with Gasteiger partial charge >= 0.3 is 6.61 Å². The lowest BCUT2D eigenvalue weighted by molar-refractivity contribution is -0.0546. The molecule has 3 rings (SSSR count). The Hall–Kier alpha value is -1.52. The monoisotopic (exact) mass is 454 g/mol. The Labute approximate surface area is 190 Å². The molecule has 32 heavy (non-hydrogen) atoms. The van der Waals surface area contributed by atoms with Crippen molar-refractivity contribution in [3.8, 4) is 5.75 Å². The van der Waals surface area contributed by atoms with Gasteiger partial charge in [0.1, 0.15) is 0 Å². The van der Waals surface area contributed by atoms with Crippen molar-refractivity contribution < 1.29 is 22.3 Å². The molecule has 0 spiro atoms. The van der Waals surface area contributed by atoms with Crippen molar-refractivity contribution >= 4 is 0 Å². The first kappa shape index (κ1) is 25.1. The van der Waals surface area contributed by atoms with Crippen molar-refractivity contribution in [1.29, 1.82) is 0 Å². The molecule has 1 aromatic carbocycles. The first-order valence-corrected chi connectivity index (χ1v) is 12.6. The molecule has 0 bridgehead atoms. The largest absolute Gasteiger partial charge is 0.429 e. The maximum atomic E-state index is 14.0. The highest BCUT2D eigenvalue weighted by Gasteiger charge is 2.25. The third-order valence-electron chi connectivity index (χ3n) is 7.55. The molecule has 2 aliphatic rings. The van der Waals surface area contributed by atoms with Crippen LogP contribution in [0.15, 0.2) is 24.3 Å². The maximum Gasteiger partial charge on any atom is 0.387 e. The van der Waals surface area contributed by atoms with Crippen LogP contribution in [0.25, 0.3) is 0 Å². The van der Waals surface area contributed by atoms with E-state index in [4.69, 9.17) is 0 Å². The van der Waals surface area contributed by atoms with Crippen LogP contribution in [0.2, 0.25) is 0 Å². The number of hydrogen-bond donors (Lipinski definition) is 0. The van der Waals surface area contributed by atoms with Crippen LogP contribution in [0.1, 0.15) is 102 Å². The number of ether oxygens (including phenoxy) is 1. The molecule has 0 saturated heterocycles. The smallest absolute Gasteiger partial charge is 0.387 e. The average molecular weight is 455 g/mol. The number of allylic oxidation sites excluding steroid dienone is 2. The summed E-state index contributed by atoms with van der Waals surface area (Å²) in [7, 11) is 0. The summed E-state index contributed by atoms with van der Waals surface area (Å²) in [6.45, 7) is -0.969. The Balaban J connectivity index is 1.37. The molecule has 0 aliphatic heterocycles. The second-order valence-corrected chi connectivity index (χ2v) is 9.84. The van der Waals surface area contributed by atoms with Crippen LogP contribution in [0.5, 0.6) is 5.75 Å². The summed E-state index contributed by atoms with van der Waals surface area (Å²) in [6, 6.07) is 2.30. The van der Waals surface area contributed by atoms with Gasteiger partial charge in [-0.2, -0.15) is 8.78 Å². The Bertz CT molecular complexity index is 693. The van der Waals surface area contributed by atoms with Crippen molar-refractivity contribution in [2.75, 3.05) is 0 Å². The Kier molecular flexibility index (Phi) is 9.92. The Morgan fingerprint density at radius 2 is 1.50 bits per heavy atom. The van der Waals surface area contributed by atoms with Crippen LogP contribution in [0.3, 0.4) is 0 Å². The molecule has 0 atom stereocenters. The van der Waals surface area contributed by atoms with Gasteiger partial charge in [-0.3, -0.25) is 0 Å². The van der Waals surface area contributed by atoms with Gasteiger partial charge in [-0.1, -0.05) is 64.0 Å². The molecule has 0 unspecified atom stereocenters. The number of halogens is 4. The normalized spacial score (nSPS) is 26.7. The highest BCUT2D eigenvalue weighted by atomic mass is 19.3. The van der Waals surface area contributed by atoms with E-state index in [0.29, 0.717) is 11.5 Å². The summed E-state index contributed by atoms with van der Waals surface area (Å²) in [6.07, 6.45) is 20.5. The molecule has 0 radical (unpaired) electrons. The molecule has 1 nitrogen and oxygen atoms in total. The molecular formula is C27H38F4O. The molecule has 1 aromatic rings. The Morgan fingerprint density at radius 3 is 2.06 bits per heavy atom. The molecule has 2 aliphatic carbocycles. The second-order valence-electron chi connectivity index (χ2n) is 9.84. The van der Waals surface area contributed by atoms with Gasteiger partial charge < -0.3 is 4.74 Å². The standard InChI is InChI=1S/C27H38F4O/c1-2-3-6-19-9-11-20(12-10-19)7-4-5-8-21-13-15-22(16-14-21)23-17-24(28)26(25(29)18-23)32-27(30)31/h5,8,17-22,27H,2-4,6-7,9-16H2,1H3/b8-5+. The lowest BCUT2D eigenvalue weighted by Crippen LogP contribution is -2.14. The molecule has 5 heteroatoms. The van der Waals surface area contributed by atoms with Gasteiger partial charge in [0.25, 0.3) is 0 Å². The predicted molar refractivity (Wildman–Crippen MR) is 121 cm³/mol. The second kappa shape index (κ2) is 12.6. The predicted octanol–water partition coefficient (Wildman–Crippen LogP) is 9.17. The first-order valence-electron chi connectivity index (χ1n) is 12.6. The number of rotatable bonds is 10. The highest BCUT2D eigenvalue weighted by Crippen LogP contribution is 2.39. The van der Waals surface area contributed by atoms with E-state index >= 15 is 0 Å². The lowest BCUT2D eigenvalue weighted by atomic mass is 9.77. The summed E-state index contributed by atoms with van der Waals surface area (Å²) < 4.78 is 56.6. The Morgan fingerprint density at radius 1 is 0.906 bits per heavy atom. The van der Waals surface area contributed by atoms with Gasteiger partial charge in [0.2, 0.25) is 0 Å². The van der Waals surface area contributed by atoms with E-state index in [9.17, 15) is 17.6 Å². The van der Waals surface area contributed by atoms with Crippen LogP contribution in [-0.2, 0) is 0 Å². The number of hydrogen-bond acceptors (Lipinski definition) is 1. The van der Waals surface area contributed by atoms with Crippen LogP contribution < -0.4 is 4.74 Å². The summed E-state index contributed by atoms with van der Waals surface area (Å²) in [5, 5.41) is 0. The zero-order valence-electron chi connectivity index (χ0n) is 19.3. The van der Waals surface area contributed by atoms with Crippen molar-refractivity contribution in [1.82, 2.24) is 0 Å². The highest BCUT2D eigenvalue weighted by molar-refractivity contribution is 5.33. The molecule has 0 amide bonds. The van der Waals surface area contributed by atoms with Crippen LogP contribution in [0, 0.1) is 29.4 Å². The van der Waals surface area contributed by atoms with Gasteiger partial charge in [0.05, 0.1) is 0 Å². The van der Waals surface area contributed by atoms with Crippen molar-refractivity contribution in [2.45, 2.75) is 103 Å². The summed E-state index contributed by atoms with van der Waals surface area (Å²) in [4.78, 5) is 0. The maximum absolute atomic E-state index is 14.0. The van der Waals surface area contributed by atoms with Gasteiger partial charge in [-0.15, -0.1) is 0 Å². The van der Waals surface area contributed by atoms with E-state index in [-0.39, 0.29) is 5.92 Å². The molecule has 0 aromatic heterocycles. The zero-order chi connectivity index (χ0) is 22.9. The van der Waals surface area contributed by atoms with E-state index in [1.165, 1.54) is 51.4 Å². The van der Waals surface area contributed by atoms with E-state index in [1.807, 2.05) is 0 Å². The van der Waals surface area contributed by atoms with Gasteiger partial charge in [-0.05, 0) is 79.9 Å². The minimum Gasteiger partial charge on any atom is -0.429 e. The first-order chi connectivity index (χ1) is 15.5. The summed E-state index contributed by atoms with van der Waals surface area (Å²) >= 11 is 0.